The van der Waals surface area contributed by atoms with Gasteiger partial charge in [0.15, 0.2) is 0 Å². The molecule has 0 aliphatic carbocycles. The molecule has 9 nitrogen and oxygen atoms in total. The second kappa shape index (κ2) is 5.37. The van der Waals surface area contributed by atoms with Gasteiger partial charge in [-0.3, -0.25) is 25.0 Å². The van der Waals surface area contributed by atoms with Gasteiger partial charge in [0.25, 0.3) is 0 Å². The van der Waals surface area contributed by atoms with E-state index in [2.05, 4.69) is 20.6 Å². The Morgan fingerprint density at radius 1 is 1.45 bits per heavy atom. The summed E-state index contributed by atoms with van der Waals surface area (Å²) in [4.78, 5) is 40.5. The molecule has 2 heterocycles. The fourth-order valence-electron chi connectivity index (χ4n) is 1.85. The molecule has 1 fully saturated rings. The lowest BCUT2D eigenvalue weighted by atomic mass is 10.1. The van der Waals surface area contributed by atoms with Crippen LogP contribution in [0, 0.1) is 17.0 Å². The van der Waals surface area contributed by atoms with Crippen LogP contribution in [0.5, 0.6) is 0 Å². The summed E-state index contributed by atoms with van der Waals surface area (Å²) < 4.78 is 0. The van der Waals surface area contributed by atoms with Crippen molar-refractivity contribution in [3.63, 3.8) is 0 Å². The van der Waals surface area contributed by atoms with Crippen molar-refractivity contribution in [3.05, 3.63) is 21.1 Å². The average Bonchev–Trinajstić information content (AvgIpc) is 2.31. The summed E-state index contributed by atoms with van der Waals surface area (Å²) in [7, 11) is 0. The largest absolute Gasteiger partial charge is 0.352 e. The van der Waals surface area contributed by atoms with Gasteiger partial charge in [-0.15, -0.1) is 0 Å². The van der Waals surface area contributed by atoms with Crippen molar-refractivity contribution < 1.29 is 14.5 Å². The molecular weight excluding hydrogens is 290 g/mol. The van der Waals surface area contributed by atoms with Crippen LogP contribution in [0.25, 0.3) is 0 Å². The smallest absolute Gasteiger partial charge is 0.332 e. The van der Waals surface area contributed by atoms with Crippen LogP contribution < -0.4 is 10.6 Å². The standard InChI is InChI=1S/C10H10ClN5O4/c1-4-7(16(19)20)8(15-10(11)12-4)13-5-2-3-6(17)14-9(5)18/h5H,2-3H2,1H3,(H,12,13,15)(H,14,17,18). The first-order valence-electron chi connectivity index (χ1n) is 5.67. The summed E-state index contributed by atoms with van der Waals surface area (Å²) in [5, 5.41) is 15.6. The molecule has 2 rings (SSSR count). The van der Waals surface area contributed by atoms with Crippen LogP contribution in [0.1, 0.15) is 18.5 Å². The number of piperidine rings is 1. The van der Waals surface area contributed by atoms with Gasteiger partial charge in [-0.2, -0.15) is 4.98 Å². The summed E-state index contributed by atoms with van der Waals surface area (Å²) in [6, 6.07) is -0.781. The number of nitrogens with one attached hydrogen (secondary N) is 2. The number of imide groups is 1. The fraction of sp³-hybridized carbons (Fsp3) is 0.400. The van der Waals surface area contributed by atoms with Crippen LogP contribution in [0.15, 0.2) is 0 Å². The summed E-state index contributed by atoms with van der Waals surface area (Å²) in [6.07, 6.45) is 0.373. The van der Waals surface area contributed by atoms with Crippen molar-refractivity contribution in [1.82, 2.24) is 15.3 Å². The zero-order chi connectivity index (χ0) is 14.9. The number of nitro groups is 1. The number of hydrogen-bond acceptors (Lipinski definition) is 7. The molecular formula is C10H10ClN5O4. The van der Waals surface area contributed by atoms with Crippen LogP contribution in [0.2, 0.25) is 5.28 Å². The van der Waals surface area contributed by atoms with Gasteiger partial charge in [-0.25, -0.2) is 4.98 Å². The molecule has 1 aromatic rings. The SMILES string of the molecule is Cc1nc(Cl)nc(NC2CCC(=O)NC2=O)c1[N+](=O)[O-]. The number of nitrogens with zero attached hydrogens (tertiary/aromatic N) is 3. The highest BCUT2D eigenvalue weighted by atomic mass is 35.5. The van der Waals surface area contributed by atoms with Crippen LogP contribution in [0.3, 0.4) is 0 Å². The maximum atomic E-state index is 11.6. The Morgan fingerprint density at radius 3 is 2.75 bits per heavy atom. The van der Waals surface area contributed by atoms with E-state index in [1.54, 1.807) is 0 Å². The zero-order valence-electron chi connectivity index (χ0n) is 10.3. The normalized spacial score (nSPS) is 18.6. The lowest BCUT2D eigenvalue weighted by Crippen LogP contribution is -2.47. The quantitative estimate of drug-likeness (QED) is 0.361. The maximum Gasteiger partial charge on any atom is 0.332 e. The number of aromatic nitrogens is 2. The van der Waals surface area contributed by atoms with Gasteiger partial charge < -0.3 is 5.32 Å². The average molecular weight is 300 g/mol. The Morgan fingerprint density at radius 2 is 2.15 bits per heavy atom. The van der Waals surface area contributed by atoms with E-state index < -0.39 is 16.9 Å². The van der Waals surface area contributed by atoms with Crippen LogP contribution in [0.4, 0.5) is 11.5 Å². The molecule has 1 atom stereocenters. The molecule has 1 unspecified atom stereocenters. The lowest BCUT2D eigenvalue weighted by Gasteiger charge is -2.22. The first-order chi connectivity index (χ1) is 9.38. The van der Waals surface area contributed by atoms with E-state index in [0.717, 1.165) is 0 Å². The van der Waals surface area contributed by atoms with Crippen LogP contribution in [-0.4, -0.2) is 32.7 Å². The maximum absolute atomic E-state index is 11.6. The monoisotopic (exact) mass is 299 g/mol. The third-order valence-electron chi connectivity index (χ3n) is 2.76. The third-order valence-corrected chi connectivity index (χ3v) is 2.93. The van der Waals surface area contributed by atoms with Crippen LogP contribution >= 0.6 is 11.6 Å². The number of rotatable bonds is 3. The molecule has 1 saturated heterocycles. The van der Waals surface area contributed by atoms with Gasteiger partial charge in [0.2, 0.25) is 22.9 Å². The molecule has 0 bridgehead atoms. The number of halogens is 1. The zero-order valence-corrected chi connectivity index (χ0v) is 11.1. The first-order valence-corrected chi connectivity index (χ1v) is 6.05. The van der Waals surface area contributed by atoms with E-state index in [4.69, 9.17) is 11.6 Å². The Kier molecular flexibility index (Phi) is 3.79. The number of carbonyl (C=O) groups is 2. The molecule has 0 radical (unpaired) electrons. The summed E-state index contributed by atoms with van der Waals surface area (Å²) >= 11 is 5.66. The van der Waals surface area contributed by atoms with Crippen molar-refractivity contribution >= 4 is 34.9 Å². The Bertz CT molecular complexity index is 606. The minimum Gasteiger partial charge on any atom is -0.352 e. The highest BCUT2D eigenvalue weighted by molar-refractivity contribution is 6.28. The number of hydrogen-bond donors (Lipinski definition) is 2. The van der Waals surface area contributed by atoms with Crippen molar-refractivity contribution in [1.29, 1.82) is 0 Å². The number of anilines is 1. The topological polar surface area (TPSA) is 127 Å². The van der Waals surface area contributed by atoms with Gasteiger partial charge in [0.05, 0.1) is 4.92 Å². The fourth-order valence-corrected chi connectivity index (χ4v) is 2.06. The number of amides is 2. The van der Waals surface area contributed by atoms with Gasteiger partial charge in [0.1, 0.15) is 11.7 Å². The molecule has 0 aromatic carbocycles. The highest BCUT2D eigenvalue weighted by Crippen LogP contribution is 2.27. The van der Waals surface area contributed by atoms with Crippen molar-refractivity contribution in [2.24, 2.45) is 0 Å². The molecule has 10 heteroatoms. The van der Waals surface area contributed by atoms with E-state index in [9.17, 15) is 19.7 Å². The second-order valence-electron chi connectivity index (χ2n) is 4.18. The Hall–Kier alpha value is -2.29. The first kappa shape index (κ1) is 14.1. The van der Waals surface area contributed by atoms with Gasteiger partial charge >= 0.3 is 5.69 Å². The number of aryl methyl sites for hydroxylation is 1. The second-order valence-corrected chi connectivity index (χ2v) is 4.52. The Labute approximate surface area is 117 Å². The minimum atomic E-state index is -0.781. The van der Waals surface area contributed by atoms with Gasteiger partial charge in [0, 0.05) is 6.42 Å². The predicted molar refractivity (Wildman–Crippen MR) is 68.2 cm³/mol. The molecule has 2 N–H and O–H groups in total. The van der Waals surface area contributed by atoms with Gasteiger partial charge in [-0.1, -0.05) is 0 Å². The molecule has 106 valence electrons. The third kappa shape index (κ3) is 2.82. The van der Waals surface area contributed by atoms with Crippen molar-refractivity contribution in [2.75, 3.05) is 5.32 Å². The minimum absolute atomic E-state index is 0.0878. The predicted octanol–water partition coefficient (Wildman–Crippen LogP) is 0.564. The molecule has 0 spiro atoms. The lowest BCUT2D eigenvalue weighted by molar-refractivity contribution is -0.385. The Balaban J connectivity index is 2.31. The van der Waals surface area contributed by atoms with E-state index in [-0.39, 0.29) is 41.2 Å². The molecule has 20 heavy (non-hydrogen) atoms. The molecule has 0 saturated carbocycles. The summed E-state index contributed by atoms with van der Waals surface area (Å²) in [5.41, 5.74) is -0.260. The van der Waals surface area contributed by atoms with Crippen LogP contribution in [-0.2, 0) is 9.59 Å². The van der Waals surface area contributed by atoms with Crippen molar-refractivity contribution in [3.8, 4) is 0 Å². The van der Waals surface area contributed by atoms with E-state index in [1.165, 1.54) is 6.92 Å². The summed E-state index contributed by atoms with van der Waals surface area (Å²) in [5.74, 6) is -1.07. The molecule has 1 aromatic heterocycles. The van der Waals surface area contributed by atoms with E-state index in [1.807, 2.05) is 0 Å². The molecule has 1 aliphatic rings. The van der Waals surface area contributed by atoms with Gasteiger partial charge in [-0.05, 0) is 24.9 Å². The highest BCUT2D eigenvalue weighted by Gasteiger charge is 2.30. The van der Waals surface area contributed by atoms with Crippen molar-refractivity contribution in [2.45, 2.75) is 25.8 Å². The van der Waals surface area contributed by atoms with E-state index >= 15 is 0 Å². The molecule has 2 amide bonds. The van der Waals surface area contributed by atoms with E-state index in [0.29, 0.717) is 0 Å². The number of carbonyl (C=O) groups excluding carboxylic acids is 2. The molecule has 1 aliphatic heterocycles. The summed E-state index contributed by atoms with van der Waals surface area (Å²) in [6.45, 7) is 1.42.